The van der Waals surface area contributed by atoms with Gasteiger partial charge in [0.05, 0.1) is 11.0 Å². The molecule has 0 bridgehead atoms. The van der Waals surface area contributed by atoms with Crippen molar-refractivity contribution in [3.05, 3.63) is 15.8 Å². The molecule has 112 valence electrons. The minimum Gasteiger partial charge on any atom is -0.344 e. The van der Waals surface area contributed by atoms with Crippen molar-refractivity contribution < 1.29 is 4.92 Å². The fourth-order valence-corrected chi connectivity index (χ4v) is 2.77. The van der Waals surface area contributed by atoms with E-state index in [9.17, 15) is 10.1 Å². The molecule has 8 nitrogen and oxygen atoms in total. The van der Waals surface area contributed by atoms with Gasteiger partial charge >= 0.3 is 5.69 Å². The van der Waals surface area contributed by atoms with Crippen molar-refractivity contribution in [1.29, 1.82) is 0 Å². The highest BCUT2D eigenvalue weighted by Gasteiger charge is 2.34. The van der Waals surface area contributed by atoms with Gasteiger partial charge in [0.25, 0.3) is 0 Å². The number of aromatic nitrogens is 2. The van der Waals surface area contributed by atoms with Crippen LogP contribution < -0.4 is 10.6 Å². The highest BCUT2D eigenvalue weighted by molar-refractivity contribution is 5.62. The molecule has 0 amide bonds. The molecule has 0 aromatic carbocycles. The fraction of sp³-hybridized carbons (Fsp3) is 0.750. The molecule has 1 unspecified atom stereocenters. The molecule has 1 saturated heterocycles. The van der Waals surface area contributed by atoms with Crippen LogP contribution in [0.5, 0.6) is 0 Å². The van der Waals surface area contributed by atoms with Gasteiger partial charge in [0.15, 0.2) is 0 Å². The largest absolute Gasteiger partial charge is 0.344 e. The second-order valence-corrected chi connectivity index (χ2v) is 5.18. The molecule has 1 aromatic heterocycles. The van der Waals surface area contributed by atoms with E-state index in [2.05, 4.69) is 10.00 Å². The van der Waals surface area contributed by atoms with E-state index < -0.39 is 0 Å². The molecule has 1 atom stereocenters. The van der Waals surface area contributed by atoms with E-state index in [4.69, 9.17) is 5.73 Å². The van der Waals surface area contributed by atoms with Crippen LogP contribution in [0.3, 0.4) is 0 Å². The first-order valence-corrected chi connectivity index (χ1v) is 6.86. The van der Waals surface area contributed by atoms with Crippen LogP contribution in [0.1, 0.15) is 12.6 Å². The zero-order valence-electron chi connectivity index (χ0n) is 12.2. The second kappa shape index (κ2) is 5.76. The van der Waals surface area contributed by atoms with Gasteiger partial charge in [-0.3, -0.25) is 10.1 Å². The summed E-state index contributed by atoms with van der Waals surface area (Å²) >= 11 is 0. The number of anilines is 1. The molecular formula is C12H22N6O2. The summed E-state index contributed by atoms with van der Waals surface area (Å²) in [6, 6.07) is 0.0776. The Kier molecular flexibility index (Phi) is 4.24. The van der Waals surface area contributed by atoms with E-state index in [1.807, 2.05) is 18.9 Å². The van der Waals surface area contributed by atoms with Crippen molar-refractivity contribution in [2.75, 3.05) is 38.1 Å². The Morgan fingerprint density at radius 3 is 2.75 bits per heavy atom. The van der Waals surface area contributed by atoms with Crippen molar-refractivity contribution in [1.82, 2.24) is 14.7 Å². The number of nitrogens with two attached hydrogens (primary N) is 1. The third-order valence-corrected chi connectivity index (χ3v) is 3.78. The van der Waals surface area contributed by atoms with Crippen molar-refractivity contribution >= 4 is 11.5 Å². The monoisotopic (exact) mass is 282 g/mol. The molecule has 1 aliphatic heterocycles. The number of hydrogen-bond donors (Lipinski definition) is 1. The highest BCUT2D eigenvalue weighted by atomic mass is 16.6. The Morgan fingerprint density at radius 1 is 1.50 bits per heavy atom. The minimum atomic E-state index is -0.338. The predicted octanol–water partition coefficient (Wildman–Crippen LogP) is 0.199. The minimum absolute atomic E-state index is 0.0776. The molecular weight excluding hydrogens is 260 g/mol. The maximum absolute atomic E-state index is 11.4. The van der Waals surface area contributed by atoms with Crippen LogP contribution in [-0.4, -0.2) is 58.9 Å². The van der Waals surface area contributed by atoms with Gasteiger partial charge in [0.1, 0.15) is 5.69 Å². The van der Waals surface area contributed by atoms with Crippen LogP contribution >= 0.6 is 0 Å². The number of aryl methyl sites for hydroxylation is 2. The Bertz CT molecular complexity index is 500. The first-order chi connectivity index (χ1) is 9.49. The van der Waals surface area contributed by atoms with Crippen molar-refractivity contribution in [2.45, 2.75) is 26.4 Å². The quantitative estimate of drug-likeness (QED) is 0.626. The van der Waals surface area contributed by atoms with Gasteiger partial charge in [0, 0.05) is 32.7 Å². The summed E-state index contributed by atoms with van der Waals surface area (Å²) < 4.78 is 1.71. The highest BCUT2D eigenvalue weighted by Crippen LogP contribution is 2.33. The number of likely N-dealkylation sites (N-methyl/N-ethyl adjacent to an activating group) is 1. The molecule has 1 aliphatic rings. The van der Waals surface area contributed by atoms with E-state index in [1.165, 1.54) is 0 Å². The topological polar surface area (TPSA) is 93.5 Å². The van der Waals surface area contributed by atoms with Crippen LogP contribution in [-0.2, 0) is 6.54 Å². The predicted molar refractivity (Wildman–Crippen MR) is 77.0 cm³/mol. The second-order valence-electron chi connectivity index (χ2n) is 5.18. The summed E-state index contributed by atoms with van der Waals surface area (Å²) in [6.07, 6.45) is 0. The Balaban J connectivity index is 2.47. The lowest BCUT2D eigenvalue weighted by Crippen LogP contribution is -2.55. The van der Waals surface area contributed by atoms with Crippen LogP contribution in [0, 0.1) is 17.0 Å². The summed E-state index contributed by atoms with van der Waals surface area (Å²) in [5.41, 5.74) is 6.42. The van der Waals surface area contributed by atoms with E-state index in [1.54, 1.807) is 11.6 Å². The summed E-state index contributed by atoms with van der Waals surface area (Å²) in [4.78, 5) is 15.3. The molecule has 0 aliphatic carbocycles. The summed E-state index contributed by atoms with van der Waals surface area (Å²) in [7, 11) is 2.04. The molecule has 1 fully saturated rings. The fourth-order valence-electron chi connectivity index (χ4n) is 2.77. The van der Waals surface area contributed by atoms with Crippen LogP contribution in [0.25, 0.3) is 0 Å². The third-order valence-electron chi connectivity index (χ3n) is 3.78. The van der Waals surface area contributed by atoms with Gasteiger partial charge in [-0.1, -0.05) is 0 Å². The molecule has 0 radical (unpaired) electrons. The maximum atomic E-state index is 11.4. The van der Waals surface area contributed by atoms with E-state index in [0.29, 0.717) is 24.6 Å². The third kappa shape index (κ3) is 2.48. The van der Waals surface area contributed by atoms with Gasteiger partial charge in [-0.2, -0.15) is 5.10 Å². The average molecular weight is 282 g/mol. The molecule has 20 heavy (non-hydrogen) atoms. The van der Waals surface area contributed by atoms with Crippen LogP contribution in [0.15, 0.2) is 0 Å². The van der Waals surface area contributed by atoms with Gasteiger partial charge in [-0.25, -0.2) is 4.68 Å². The van der Waals surface area contributed by atoms with Gasteiger partial charge in [0.2, 0.25) is 5.82 Å². The molecule has 2 rings (SSSR count). The molecule has 8 heteroatoms. The van der Waals surface area contributed by atoms with E-state index in [0.717, 1.165) is 19.6 Å². The normalized spacial score (nSPS) is 20.4. The summed E-state index contributed by atoms with van der Waals surface area (Å²) in [6.45, 7) is 7.09. The number of rotatable bonds is 4. The molecule has 0 spiro atoms. The summed E-state index contributed by atoms with van der Waals surface area (Å²) in [5.74, 6) is 0.596. The van der Waals surface area contributed by atoms with Crippen LogP contribution in [0.4, 0.5) is 11.5 Å². The number of piperazine rings is 1. The number of nitro groups is 1. The summed E-state index contributed by atoms with van der Waals surface area (Å²) in [5, 5.41) is 15.6. The van der Waals surface area contributed by atoms with Gasteiger partial charge in [-0.05, 0) is 20.9 Å². The number of hydrogen-bond acceptors (Lipinski definition) is 6. The van der Waals surface area contributed by atoms with Crippen LogP contribution in [0.2, 0.25) is 0 Å². The van der Waals surface area contributed by atoms with E-state index in [-0.39, 0.29) is 16.7 Å². The maximum Gasteiger partial charge on any atom is 0.333 e. The Hall–Kier alpha value is -1.67. The van der Waals surface area contributed by atoms with Crippen molar-refractivity contribution in [3.8, 4) is 0 Å². The van der Waals surface area contributed by atoms with Gasteiger partial charge < -0.3 is 15.5 Å². The van der Waals surface area contributed by atoms with E-state index >= 15 is 0 Å². The Morgan fingerprint density at radius 2 is 2.20 bits per heavy atom. The smallest absolute Gasteiger partial charge is 0.333 e. The molecule has 2 heterocycles. The molecule has 0 saturated carbocycles. The lowest BCUT2D eigenvalue weighted by atomic mass is 10.1. The Labute approximate surface area is 118 Å². The van der Waals surface area contributed by atoms with Crippen molar-refractivity contribution in [3.63, 3.8) is 0 Å². The van der Waals surface area contributed by atoms with Crippen molar-refractivity contribution in [2.24, 2.45) is 5.73 Å². The first-order valence-electron chi connectivity index (χ1n) is 6.86. The zero-order chi connectivity index (χ0) is 14.9. The number of nitrogens with zero attached hydrogens (tertiary/aromatic N) is 5. The lowest BCUT2D eigenvalue weighted by Gasteiger charge is -2.40. The average Bonchev–Trinajstić information content (AvgIpc) is 2.75. The SMILES string of the molecule is CCn1nc(C)c([N+](=O)[O-])c1N1CCN(C)CC1CN. The molecule has 1 aromatic rings. The first kappa shape index (κ1) is 14.7. The standard InChI is InChI=1S/C12H22N6O2/c1-4-17-12(11(18(19)20)9(2)14-17)16-6-5-15(3)8-10(16)7-13/h10H,4-8,13H2,1-3H3. The zero-order valence-corrected chi connectivity index (χ0v) is 12.2. The van der Waals surface area contributed by atoms with Gasteiger partial charge in [-0.15, -0.1) is 0 Å². The lowest BCUT2D eigenvalue weighted by molar-refractivity contribution is -0.384. The molecule has 2 N–H and O–H groups in total.